The predicted molar refractivity (Wildman–Crippen MR) is 51.7 cm³/mol. The van der Waals surface area contributed by atoms with Gasteiger partial charge in [-0.2, -0.15) is 0 Å². The maximum Gasteiger partial charge on any atom is 0.323 e. The van der Waals surface area contributed by atoms with Crippen LogP contribution in [0.25, 0.3) is 0 Å². The lowest BCUT2D eigenvalue weighted by Crippen LogP contribution is -2.49. The van der Waals surface area contributed by atoms with Crippen LogP contribution in [-0.4, -0.2) is 23.2 Å². The van der Waals surface area contributed by atoms with Gasteiger partial charge in [0.25, 0.3) is 0 Å². The summed E-state index contributed by atoms with van der Waals surface area (Å²) in [6, 6.07) is 0. The highest BCUT2D eigenvalue weighted by Crippen LogP contribution is 2.31. The van der Waals surface area contributed by atoms with E-state index in [0.717, 1.165) is 18.9 Å². The highest BCUT2D eigenvalue weighted by atomic mass is 16.4. The van der Waals surface area contributed by atoms with E-state index >= 15 is 0 Å². The molecule has 0 amide bonds. The molecular formula is C10H19NO2. The molecule has 76 valence electrons. The minimum atomic E-state index is -0.745. The molecule has 3 nitrogen and oxygen atoms in total. The van der Waals surface area contributed by atoms with Crippen LogP contribution in [0.1, 0.15) is 39.5 Å². The Balaban J connectivity index is 2.24. The molecule has 0 aromatic rings. The van der Waals surface area contributed by atoms with E-state index in [1.165, 1.54) is 12.8 Å². The first kappa shape index (κ1) is 10.5. The largest absolute Gasteiger partial charge is 0.480 e. The number of rotatable bonds is 6. The lowest BCUT2D eigenvalue weighted by atomic mass is 9.99. The Morgan fingerprint density at radius 3 is 2.62 bits per heavy atom. The highest BCUT2D eigenvalue weighted by molar-refractivity contribution is 5.78. The smallest absolute Gasteiger partial charge is 0.323 e. The molecule has 0 radical (unpaired) electrons. The number of carbonyl (C=O) groups is 1. The fourth-order valence-corrected chi connectivity index (χ4v) is 1.31. The number of nitrogens with one attached hydrogen (secondary N) is 1. The van der Waals surface area contributed by atoms with Gasteiger partial charge in [0.2, 0.25) is 0 Å². The molecule has 3 heteroatoms. The van der Waals surface area contributed by atoms with Crippen molar-refractivity contribution in [2.45, 2.75) is 45.1 Å². The van der Waals surface area contributed by atoms with Crippen molar-refractivity contribution in [3.05, 3.63) is 0 Å². The van der Waals surface area contributed by atoms with Crippen LogP contribution in [-0.2, 0) is 4.79 Å². The van der Waals surface area contributed by atoms with Crippen LogP contribution in [0.5, 0.6) is 0 Å². The molecule has 0 saturated heterocycles. The Kier molecular flexibility index (Phi) is 3.31. The van der Waals surface area contributed by atoms with E-state index in [1.807, 2.05) is 6.92 Å². The maximum absolute atomic E-state index is 10.9. The van der Waals surface area contributed by atoms with Gasteiger partial charge in [0.05, 0.1) is 0 Å². The molecule has 0 aromatic heterocycles. The Labute approximate surface area is 79.5 Å². The zero-order chi connectivity index (χ0) is 9.90. The lowest BCUT2D eigenvalue weighted by Gasteiger charge is -2.24. The molecule has 1 atom stereocenters. The van der Waals surface area contributed by atoms with Crippen molar-refractivity contribution in [3.63, 3.8) is 0 Å². The summed E-state index contributed by atoms with van der Waals surface area (Å²) in [5.41, 5.74) is -0.727. The van der Waals surface area contributed by atoms with Crippen molar-refractivity contribution < 1.29 is 9.90 Å². The van der Waals surface area contributed by atoms with Crippen molar-refractivity contribution in [2.24, 2.45) is 5.92 Å². The molecule has 1 rings (SSSR count). The summed E-state index contributed by atoms with van der Waals surface area (Å²) in [6.45, 7) is 4.49. The third-order valence-electron chi connectivity index (χ3n) is 2.94. The summed E-state index contributed by atoms with van der Waals surface area (Å²) in [4.78, 5) is 10.9. The molecule has 1 unspecified atom stereocenters. The minimum absolute atomic E-state index is 0.632. The van der Waals surface area contributed by atoms with Gasteiger partial charge in [0.1, 0.15) is 5.54 Å². The molecule has 1 saturated carbocycles. The summed E-state index contributed by atoms with van der Waals surface area (Å²) in [5.74, 6) is 0.119. The molecule has 1 aliphatic carbocycles. The Morgan fingerprint density at radius 2 is 2.23 bits per heavy atom. The van der Waals surface area contributed by atoms with Crippen LogP contribution in [0.4, 0.5) is 0 Å². The molecule has 1 fully saturated rings. The molecule has 0 bridgehead atoms. The summed E-state index contributed by atoms with van der Waals surface area (Å²) >= 11 is 0. The molecule has 13 heavy (non-hydrogen) atoms. The summed E-state index contributed by atoms with van der Waals surface area (Å²) in [5, 5.41) is 12.1. The van der Waals surface area contributed by atoms with Crippen LogP contribution < -0.4 is 5.32 Å². The van der Waals surface area contributed by atoms with E-state index < -0.39 is 11.5 Å². The van der Waals surface area contributed by atoms with Crippen LogP contribution in [0.15, 0.2) is 0 Å². The second-order valence-corrected chi connectivity index (χ2v) is 4.15. The van der Waals surface area contributed by atoms with Crippen LogP contribution in [0, 0.1) is 5.92 Å². The van der Waals surface area contributed by atoms with Gasteiger partial charge in [-0.25, -0.2) is 0 Å². The maximum atomic E-state index is 10.9. The van der Waals surface area contributed by atoms with Gasteiger partial charge in [-0.15, -0.1) is 0 Å². The zero-order valence-corrected chi connectivity index (χ0v) is 8.47. The first-order valence-corrected chi connectivity index (χ1v) is 5.07. The van der Waals surface area contributed by atoms with Gasteiger partial charge in [0.15, 0.2) is 0 Å². The molecule has 0 heterocycles. The van der Waals surface area contributed by atoms with Gasteiger partial charge in [-0.05, 0) is 32.2 Å². The van der Waals surface area contributed by atoms with Crippen molar-refractivity contribution >= 4 is 5.97 Å². The average molecular weight is 185 g/mol. The zero-order valence-electron chi connectivity index (χ0n) is 8.47. The van der Waals surface area contributed by atoms with Crippen molar-refractivity contribution in [1.82, 2.24) is 5.32 Å². The molecule has 0 aromatic carbocycles. The van der Waals surface area contributed by atoms with E-state index in [4.69, 9.17) is 5.11 Å². The van der Waals surface area contributed by atoms with Crippen molar-refractivity contribution in [1.29, 1.82) is 0 Å². The van der Waals surface area contributed by atoms with Crippen LogP contribution in [0.2, 0.25) is 0 Å². The Hall–Kier alpha value is -0.570. The van der Waals surface area contributed by atoms with E-state index in [-0.39, 0.29) is 0 Å². The monoisotopic (exact) mass is 185 g/mol. The number of hydrogen-bond donors (Lipinski definition) is 2. The predicted octanol–water partition coefficient (Wildman–Crippen LogP) is 1.63. The fourth-order valence-electron chi connectivity index (χ4n) is 1.31. The van der Waals surface area contributed by atoms with E-state index in [9.17, 15) is 4.79 Å². The topological polar surface area (TPSA) is 49.3 Å². The molecule has 1 aliphatic rings. The van der Waals surface area contributed by atoms with Gasteiger partial charge in [-0.1, -0.05) is 19.8 Å². The Bertz CT molecular complexity index is 189. The lowest BCUT2D eigenvalue weighted by molar-refractivity contribution is -0.144. The van der Waals surface area contributed by atoms with Gasteiger partial charge >= 0.3 is 5.97 Å². The fraction of sp³-hybridized carbons (Fsp3) is 0.900. The molecule has 0 spiro atoms. The van der Waals surface area contributed by atoms with E-state index in [1.54, 1.807) is 6.92 Å². The SMILES string of the molecule is CCC(C)(NCCC1CC1)C(=O)O. The van der Waals surface area contributed by atoms with Gasteiger partial charge < -0.3 is 10.4 Å². The van der Waals surface area contributed by atoms with Crippen molar-refractivity contribution in [2.75, 3.05) is 6.54 Å². The average Bonchev–Trinajstić information content (AvgIpc) is 2.87. The minimum Gasteiger partial charge on any atom is -0.480 e. The van der Waals surface area contributed by atoms with Crippen molar-refractivity contribution in [3.8, 4) is 0 Å². The number of carboxylic acids is 1. The second kappa shape index (κ2) is 4.09. The van der Waals surface area contributed by atoms with Gasteiger partial charge in [-0.3, -0.25) is 4.79 Å². The molecule has 0 aliphatic heterocycles. The third kappa shape index (κ3) is 2.99. The second-order valence-electron chi connectivity index (χ2n) is 4.15. The Morgan fingerprint density at radius 1 is 1.62 bits per heavy atom. The third-order valence-corrected chi connectivity index (χ3v) is 2.94. The number of aliphatic carboxylic acids is 1. The molecular weight excluding hydrogens is 166 g/mol. The van der Waals surface area contributed by atoms with Gasteiger partial charge in [0, 0.05) is 0 Å². The normalized spacial score (nSPS) is 21.1. The van der Waals surface area contributed by atoms with E-state index in [0.29, 0.717) is 6.42 Å². The highest BCUT2D eigenvalue weighted by Gasteiger charge is 2.30. The first-order chi connectivity index (χ1) is 6.08. The summed E-state index contributed by atoms with van der Waals surface area (Å²) in [7, 11) is 0. The van der Waals surface area contributed by atoms with Crippen LogP contribution >= 0.6 is 0 Å². The summed E-state index contributed by atoms with van der Waals surface area (Å²) < 4.78 is 0. The quantitative estimate of drug-likeness (QED) is 0.661. The first-order valence-electron chi connectivity index (χ1n) is 5.07. The van der Waals surface area contributed by atoms with E-state index in [2.05, 4.69) is 5.32 Å². The molecule has 2 N–H and O–H groups in total. The van der Waals surface area contributed by atoms with Crippen LogP contribution in [0.3, 0.4) is 0 Å². The number of hydrogen-bond acceptors (Lipinski definition) is 2. The standard InChI is InChI=1S/C10H19NO2/c1-3-10(2,9(12)13)11-7-6-8-4-5-8/h8,11H,3-7H2,1-2H3,(H,12,13). The number of carboxylic acid groups (broad SMARTS) is 1. The summed E-state index contributed by atoms with van der Waals surface area (Å²) in [6.07, 6.45) is 4.42.